The molecule has 0 aliphatic heterocycles. The van der Waals surface area contributed by atoms with Gasteiger partial charge in [-0.2, -0.15) is 10.5 Å². The Labute approximate surface area is 213 Å². The van der Waals surface area contributed by atoms with E-state index in [9.17, 15) is 15.3 Å². The summed E-state index contributed by atoms with van der Waals surface area (Å²) in [6, 6.07) is 16.9. The minimum Gasteiger partial charge on any atom is -0.495 e. The molecular weight excluding hydrogens is 482 g/mol. The number of methoxy groups -OCH3 is 1. The first-order valence-electron chi connectivity index (χ1n) is 10.8. The third-order valence-electron chi connectivity index (χ3n) is 5.29. The monoisotopic (exact) mass is 505 g/mol. The molecule has 0 unspecified atom stereocenters. The summed E-state index contributed by atoms with van der Waals surface area (Å²) >= 11 is 7.25. The van der Waals surface area contributed by atoms with E-state index >= 15 is 0 Å². The lowest BCUT2D eigenvalue weighted by molar-refractivity contribution is -0.115. The molecule has 2 aromatic carbocycles. The molecule has 3 rings (SSSR count). The molecule has 35 heavy (non-hydrogen) atoms. The number of benzene rings is 2. The number of hydrogen-bond acceptors (Lipinski definition) is 7. The van der Waals surface area contributed by atoms with Gasteiger partial charge in [0.25, 0.3) is 0 Å². The number of thioether (sulfide) groups is 1. The second-order valence-corrected chi connectivity index (χ2v) is 9.44. The van der Waals surface area contributed by atoms with Crippen LogP contribution in [0.3, 0.4) is 0 Å². The van der Waals surface area contributed by atoms with Crippen LogP contribution in [0.2, 0.25) is 5.02 Å². The van der Waals surface area contributed by atoms with Crippen molar-refractivity contribution in [2.24, 2.45) is 0 Å². The number of halogens is 1. The molecule has 3 aromatic rings. The predicted molar refractivity (Wildman–Crippen MR) is 140 cm³/mol. The van der Waals surface area contributed by atoms with Gasteiger partial charge in [0, 0.05) is 22.8 Å². The van der Waals surface area contributed by atoms with Crippen LogP contribution >= 0.6 is 23.4 Å². The number of nitrogens with one attached hydrogen (secondary N) is 1. The molecule has 1 amide bonds. The SMILES string of the molecule is COc1ccc(Cl)cc1NC(=O)CCSc1nc(N)c(C#N)c(-c2ccc(C(C)C)cc2)c1C#N. The van der Waals surface area contributed by atoms with Gasteiger partial charge in [0.15, 0.2) is 0 Å². The van der Waals surface area contributed by atoms with Crippen LogP contribution in [-0.2, 0) is 4.79 Å². The number of nitrogens with two attached hydrogens (primary N) is 1. The number of hydrogen-bond donors (Lipinski definition) is 2. The van der Waals surface area contributed by atoms with E-state index in [0.29, 0.717) is 44.3 Å². The molecule has 0 fully saturated rings. The number of rotatable bonds is 8. The highest BCUT2D eigenvalue weighted by Crippen LogP contribution is 2.36. The summed E-state index contributed by atoms with van der Waals surface area (Å²) in [5, 5.41) is 23.3. The number of amides is 1. The first kappa shape index (κ1) is 25.9. The number of nitrogens with zero attached hydrogens (tertiary/aromatic N) is 3. The number of aromatic nitrogens is 1. The fourth-order valence-electron chi connectivity index (χ4n) is 3.46. The molecule has 0 aliphatic rings. The Kier molecular flexibility index (Phi) is 8.59. The second-order valence-electron chi connectivity index (χ2n) is 7.92. The zero-order valence-electron chi connectivity index (χ0n) is 19.6. The Bertz CT molecular complexity index is 1330. The van der Waals surface area contributed by atoms with E-state index in [1.807, 2.05) is 24.3 Å². The van der Waals surface area contributed by atoms with Gasteiger partial charge in [0.2, 0.25) is 5.91 Å². The van der Waals surface area contributed by atoms with Crippen LogP contribution in [0.1, 0.15) is 42.9 Å². The van der Waals surface area contributed by atoms with Crippen molar-refractivity contribution in [2.75, 3.05) is 23.9 Å². The van der Waals surface area contributed by atoms with E-state index < -0.39 is 0 Å². The molecule has 0 radical (unpaired) electrons. The van der Waals surface area contributed by atoms with Crippen LogP contribution in [0.25, 0.3) is 11.1 Å². The van der Waals surface area contributed by atoms with Crippen LogP contribution < -0.4 is 15.8 Å². The molecule has 0 bridgehead atoms. The first-order valence-corrected chi connectivity index (χ1v) is 12.2. The maximum atomic E-state index is 12.5. The quantitative estimate of drug-likeness (QED) is 0.360. The number of carbonyl (C=O) groups is 1. The van der Waals surface area contributed by atoms with Crippen molar-refractivity contribution in [2.45, 2.75) is 31.2 Å². The largest absolute Gasteiger partial charge is 0.495 e. The van der Waals surface area contributed by atoms with Crippen LogP contribution in [0.4, 0.5) is 11.5 Å². The summed E-state index contributed by atoms with van der Waals surface area (Å²) in [5.41, 5.74) is 9.29. The molecule has 7 nitrogen and oxygen atoms in total. The van der Waals surface area contributed by atoms with Crippen molar-refractivity contribution in [3.05, 3.63) is 64.2 Å². The number of anilines is 2. The molecule has 0 atom stereocenters. The average molecular weight is 506 g/mol. The van der Waals surface area contributed by atoms with Crippen LogP contribution in [-0.4, -0.2) is 23.8 Å². The number of ether oxygens (including phenoxy) is 1. The minimum absolute atomic E-state index is 0.0463. The normalized spacial score (nSPS) is 10.5. The predicted octanol–water partition coefficient (Wildman–Crippen LogP) is 5.98. The van der Waals surface area contributed by atoms with E-state index in [1.165, 1.54) is 18.9 Å². The zero-order chi connectivity index (χ0) is 25.5. The molecule has 3 N–H and O–H groups in total. The fraction of sp³-hybridized carbons (Fsp3) is 0.231. The molecule has 0 aliphatic carbocycles. The highest BCUT2D eigenvalue weighted by Gasteiger charge is 2.21. The summed E-state index contributed by atoms with van der Waals surface area (Å²) in [4.78, 5) is 16.8. The zero-order valence-corrected chi connectivity index (χ0v) is 21.1. The van der Waals surface area contributed by atoms with Crippen molar-refractivity contribution in [1.82, 2.24) is 4.98 Å². The maximum absolute atomic E-state index is 12.5. The maximum Gasteiger partial charge on any atom is 0.225 e. The highest BCUT2D eigenvalue weighted by molar-refractivity contribution is 7.99. The Morgan fingerprint density at radius 3 is 2.46 bits per heavy atom. The van der Waals surface area contributed by atoms with Gasteiger partial charge >= 0.3 is 0 Å². The summed E-state index contributed by atoms with van der Waals surface area (Å²) in [7, 11) is 1.51. The van der Waals surface area contributed by atoms with Crippen molar-refractivity contribution in [3.8, 4) is 29.0 Å². The lowest BCUT2D eigenvalue weighted by Crippen LogP contribution is -2.13. The molecule has 1 aromatic heterocycles. The Hall–Kier alpha value is -3.72. The molecule has 9 heteroatoms. The summed E-state index contributed by atoms with van der Waals surface area (Å²) in [6.45, 7) is 4.18. The van der Waals surface area contributed by atoms with Gasteiger partial charge in [-0.3, -0.25) is 4.79 Å². The van der Waals surface area contributed by atoms with E-state index in [-0.39, 0.29) is 29.3 Å². The number of carbonyl (C=O) groups excluding carboxylic acids is 1. The number of pyridine rings is 1. The van der Waals surface area contributed by atoms with Gasteiger partial charge in [0.05, 0.1) is 18.4 Å². The standard InChI is InChI=1S/C26H24ClN5O2S/c1-15(2)16-4-6-17(7-5-16)24-19(13-28)25(30)32-26(20(24)14-29)35-11-10-23(33)31-21-12-18(27)8-9-22(21)34-3/h4-9,12,15H,10-11H2,1-3H3,(H2,30,32)(H,31,33). The van der Waals surface area contributed by atoms with Crippen molar-refractivity contribution in [1.29, 1.82) is 10.5 Å². The van der Waals surface area contributed by atoms with Crippen LogP contribution in [0.15, 0.2) is 47.5 Å². The minimum atomic E-state index is -0.248. The van der Waals surface area contributed by atoms with Gasteiger partial charge in [-0.1, -0.05) is 49.7 Å². The smallest absolute Gasteiger partial charge is 0.225 e. The number of nitrogen functional groups attached to an aromatic ring is 1. The van der Waals surface area contributed by atoms with Gasteiger partial charge in [0.1, 0.15) is 34.3 Å². The van der Waals surface area contributed by atoms with Crippen molar-refractivity contribution in [3.63, 3.8) is 0 Å². The average Bonchev–Trinajstić information content (AvgIpc) is 2.84. The lowest BCUT2D eigenvalue weighted by Gasteiger charge is -2.14. The third-order valence-corrected chi connectivity index (χ3v) is 6.50. The van der Waals surface area contributed by atoms with E-state index in [1.54, 1.807) is 18.2 Å². The van der Waals surface area contributed by atoms with Crippen LogP contribution in [0, 0.1) is 22.7 Å². The van der Waals surface area contributed by atoms with Gasteiger partial charge in [-0.15, -0.1) is 11.8 Å². The number of nitriles is 2. The van der Waals surface area contributed by atoms with E-state index in [2.05, 4.69) is 36.3 Å². The van der Waals surface area contributed by atoms with E-state index in [4.69, 9.17) is 22.1 Å². The second kappa shape index (κ2) is 11.6. The first-order chi connectivity index (χ1) is 16.8. The Morgan fingerprint density at radius 1 is 1.17 bits per heavy atom. The Morgan fingerprint density at radius 2 is 1.86 bits per heavy atom. The molecule has 0 spiro atoms. The topological polar surface area (TPSA) is 125 Å². The molecule has 0 saturated carbocycles. The third kappa shape index (κ3) is 6.05. The van der Waals surface area contributed by atoms with Gasteiger partial charge < -0.3 is 15.8 Å². The summed E-state index contributed by atoms with van der Waals surface area (Å²) < 4.78 is 5.25. The lowest BCUT2D eigenvalue weighted by atomic mass is 9.94. The van der Waals surface area contributed by atoms with Crippen molar-refractivity contribution >= 4 is 40.8 Å². The van der Waals surface area contributed by atoms with Gasteiger partial charge in [-0.25, -0.2) is 4.98 Å². The summed E-state index contributed by atoms with van der Waals surface area (Å²) in [6.07, 6.45) is 0.144. The van der Waals surface area contributed by atoms with E-state index in [0.717, 1.165) is 5.56 Å². The molecule has 0 saturated heterocycles. The molecular formula is C26H24ClN5O2S. The van der Waals surface area contributed by atoms with Crippen molar-refractivity contribution < 1.29 is 9.53 Å². The molecule has 178 valence electrons. The summed E-state index contributed by atoms with van der Waals surface area (Å²) in [5.74, 6) is 0.985. The van der Waals surface area contributed by atoms with Gasteiger partial charge in [-0.05, 0) is 35.2 Å². The van der Waals surface area contributed by atoms with Crippen LogP contribution in [0.5, 0.6) is 5.75 Å². The fourth-order valence-corrected chi connectivity index (χ4v) is 4.56. The molecule has 1 heterocycles. The Balaban J connectivity index is 1.83. The highest BCUT2D eigenvalue weighted by atomic mass is 35.5.